The lowest BCUT2D eigenvalue weighted by Crippen LogP contribution is -2.47. The highest BCUT2D eigenvalue weighted by atomic mass is 16.5. The second-order valence-corrected chi connectivity index (χ2v) is 3.62. The molecule has 0 bridgehead atoms. The van der Waals surface area contributed by atoms with Crippen molar-refractivity contribution < 1.29 is 19.9 Å². The molecule has 16 heavy (non-hydrogen) atoms. The summed E-state index contributed by atoms with van der Waals surface area (Å²) in [5, 5.41) is 18.5. The minimum Gasteiger partial charge on any atom is -0.480 e. The Morgan fingerprint density at radius 3 is 2.12 bits per heavy atom. The van der Waals surface area contributed by atoms with Crippen molar-refractivity contribution in [2.75, 3.05) is 7.05 Å². The Morgan fingerprint density at radius 1 is 1.25 bits per heavy atom. The van der Waals surface area contributed by atoms with E-state index in [0.29, 0.717) is 10.6 Å². The molecule has 0 aliphatic carbocycles. The fourth-order valence-corrected chi connectivity index (χ4v) is 1.43. The van der Waals surface area contributed by atoms with Crippen LogP contribution in [0.15, 0.2) is 30.3 Å². The number of carboxylic acid groups (broad SMARTS) is 1. The summed E-state index contributed by atoms with van der Waals surface area (Å²) in [5.41, 5.74) is -1.45. The van der Waals surface area contributed by atoms with Crippen molar-refractivity contribution in [1.29, 1.82) is 0 Å². The third kappa shape index (κ3) is 1.90. The van der Waals surface area contributed by atoms with E-state index in [0.717, 1.165) is 7.05 Å². The summed E-state index contributed by atoms with van der Waals surface area (Å²) in [6, 6.07) is 8.08. The first-order valence-corrected chi connectivity index (χ1v) is 4.66. The molecule has 0 spiro atoms. The van der Waals surface area contributed by atoms with Gasteiger partial charge in [0.2, 0.25) is 0 Å². The topological polar surface area (TPSA) is 77.8 Å². The second kappa shape index (κ2) is 4.32. The van der Waals surface area contributed by atoms with Gasteiger partial charge in [-0.25, -0.2) is 5.06 Å². The first-order chi connectivity index (χ1) is 7.40. The smallest absolute Gasteiger partial charge is 0.323 e. The Balaban J connectivity index is 3.28. The third-order valence-electron chi connectivity index (χ3n) is 2.50. The van der Waals surface area contributed by atoms with E-state index in [1.54, 1.807) is 18.2 Å². The van der Waals surface area contributed by atoms with E-state index in [1.165, 1.54) is 19.1 Å². The van der Waals surface area contributed by atoms with Crippen LogP contribution in [-0.2, 0) is 15.0 Å². The van der Waals surface area contributed by atoms with E-state index in [4.69, 9.17) is 10.3 Å². The lowest BCUT2D eigenvalue weighted by Gasteiger charge is -2.26. The summed E-state index contributed by atoms with van der Waals surface area (Å²) in [6.07, 6.45) is 0. The molecule has 0 aromatic heterocycles. The number of carbonyl (C=O) groups excluding carboxylic acids is 1. The van der Waals surface area contributed by atoms with Crippen LogP contribution in [0.2, 0.25) is 0 Å². The maximum atomic E-state index is 11.7. The molecule has 1 atom stereocenters. The molecule has 86 valence electrons. The van der Waals surface area contributed by atoms with E-state index in [-0.39, 0.29) is 0 Å². The highest BCUT2D eigenvalue weighted by molar-refractivity contribution is 6.07. The quantitative estimate of drug-likeness (QED) is 0.453. The number of hydrogen-bond acceptors (Lipinski definition) is 3. The molecule has 1 aromatic rings. The average molecular weight is 223 g/mol. The molecular weight excluding hydrogens is 210 g/mol. The van der Waals surface area contributed by atoms with Crippen LogP contribution in [0.5, 0.6) is 0 Å². The SMILES string of the molecule is CN(O)C(=O)C(C)(C(=O)O)c1ccccc1. The summed E-state index contributed by atoms with van der Waals surface area (Å²) in [4.78, 5) is 22.9. The number of likely N-dealkylation sites (N-methyl/N-ethyl adjacent to an activating group) is 1. The van der Waals surface area contributed by atoms with Crippen molar-refractivity contribution in [2.45, 2.75) is 12.3 Å². The first-order valence-electron chi connectivity index (χ1n) is 4.66. The molecule has 0 aliphatic heterocycles. The molecule has 0 saturated heterocycles. The fourth-order valence-electron chi connectivity index (χ4n) is 1.43. The number of amides is 1. The summed E-state index contributed by atoms with van der Waals surface area (Å²) in [7, 11) is 1.10. The lowest BCUT2D eigenvalue weighted by molar-refractivity contribution is -0.172. The molecule has 0 aliphatic rings. The predicted octanol–water partition coefficient (Wildman–Crippen LogP) is 0.876. The predicted molar refractivity (Wildman–Crippen MR) is 56.0 cm³/mol. The van der Waals surface area contributed by atoms with E-state index >= 15 is 0 Å². The Kier molecular flexibility index (Phi) is 3.29. The number of carboxylic acids is 1. The Hall–Kier alpha value is -1.88. The minimum atomic E-state index is -1.77. The molecule has 5 nitrogen and oxygen atoms in total. The summed E-state index contributed by atoms with van der Waals surface area (Å²) in [6.45, 7) is 1.26. The first kappa shape index (κ1) is 12.2. The van der Waals surface area contributed by atoms with Gasteiger partial charge in [0, 0.05) is 7.05 Å². The van der Waals surface area contributed by atoms with E-state index in [2.05, 4.69) is 0 Å². The maximum Gasteiger partial charge on any atom is 0.323 e. The molecule has 1 unspecified atom stereocenters. The van der Waals surface area contributed by atoms with Crippen LogP contribution in [0, 0.1) is 0 Å². The van der Waals surface area contributed by atoms with Gasteiger partial charge in [0.25, 0.3) is 5.91 Å². The molecule has 5 heteroatoms. The fraction of sp³-hybridized carbons (Fsp3) is 0.273. The van der Waals surface area contributed by atoms with Crippen molar-refractivity contribution in [3.05, 3.63) is 35.9 Å². The number of aliphatic carboxylic acids is 1. The van der Waals surface area contributed by atoms with Crippen LogP contribution < -0.4 is 0 Å². The standard InChI is InChI=1S/C11H13NO4/c1-11(10(14)15,9(13)12(2)16)8-6-4-3-5-7-8/h3-7,16H,1-2H3,(H,14,15). The molecule has 0 fully saturated rings. The second-order valence-electron chi connectivity index (χ2n) is 3.62. The molecule has 1 amide bonds. The molecule has 0 saturated carbocycles. The Labute approximate surface area is 92.9 Å². The van der Waals surface area contributed by atoms with Gasteiger partial charge in [-0.05, 0) is 12.5 Å². The monoisotopic (exact) mass is 223 g/mol. The lowest BCUT2D eigenvalue weighted by atomic mass is 9.81. The molecule has 1 aromatic carbocycles. The van der Waals surface area contributed by atoms with Gasteiger partial charge in [-0.1, -0.05) is 30.3 Å². The number of carbonyl (C=O) groups is 2. The van der Waals surface area contributed by atoms with Crippen LogP contribution in [0.3, 0.4) is 0 Å². The van der Waals surface area contributed by atoms with Gasteiger partial charge in [0.1, 0.15) is 0 Å². The van der Waals surface area contributed by atoms with Gasteiger partial charge >= 0.3 is 5.97 Å². The van der Waals surface area contributed by atoms with Crippen molar-refractivity contribution in [3.8, 4) is 0 Å². The summed E-state index contributed by atoms with van der Waals surface area (Å²) < 4.78 is 0. The van der Waals surface area contributed by atoms with E-state index in [1.807, 2.05) is 0 Å². The van der Waals surface area contributed by atoms with E-state index in [9.17, 15) is 9.59 Å². The van der Waals surface area contributed by atoms with Gasteiger partial charge in [-0.3, -0.25) is 14.8 Å². The summed E-state index contributed by atoms with van der Waals surface area (Å²) in [5.74, 6) is -2.18. The van der Waals surface area contributed by atoms with Crippen molar-refractivity contribution in [1.82, 2.24) is 5.06 Å². The molecular formula is C11H13NO4. The van der Waals surface area contributed by atoms with Crippen LogP contribution in [0.1, 0.15) is 12.5 Å². The van der Waals surface area contributed by atoms with Crippen molar-refractivity contribution in [3.63, 3.8) is 0 Å². The number of hydrogen-bond donors (Lipinski definition) is 2. The largest absolute Gasteiger partial charge is 0.480 e. The number of benzene rings is 1. The highest BCUT2D eigenvalue weighted by Crippen LogP contribution is 2.25. The zero-order chi connectivity index (χ0) is 12.3. The van der Waals surface area contributed by atoms with Crippen LogP contribution in [0.25, 0.3) is 0 Å². The average Bonchev–Trinajstić information content (AvgIpc) is 2.27. The van der Waals surface area contributed by atoms with Gasteiger partial charge in [-0.15, -0.1) is 0 Å². The highest BCUT2D eigenvalue weighted by Gasteiger charge is 2.44. The minimum absolute atomic E-state index is 0.293. The van der Waals surface area contributed by atoms with Gasteiger partial charge in [-0.2, -0.15) is 0 Å². The van der Waals surface area contributed by atoms with E-state index < -0.39 is 17.3 Å². The van der Waals surface area contributed by atoms with Crippen LogP contribution >= 0.6 is 0 Å². The number of rotatable bonds is 3. The van der Waals surface area contributed by atoms with Gasteiger partial charge in [0.15, 0.2) is 5.41 Å². The zero-order valence-corrected chi connectivity index (χ0v) is 9.04. The van der Waals surface area contributed by atoms with Gasteiger partial charge in [0.05, 0.1) is 0 Å². The Bertz CT molecular complexity index is 402. The van der Waals surface area contributed by atoms with Crippen LogP contribution in [-0.4, -0.2) is 34.3 Å². The Morgan fingerprint density at radius 2 is 1.75 bits per heavy atom. The third-order valence-corrected chi connectivity index (χ3v) is 2.50. The summed E-state index contributed by atoms with van der Waals surface area (Å²) >= 11 is 0. The van der Waals surface area contributed by atoms with Crippen LogP contribution in [0.4, 0.5) is 0 Å². The van der Waals surface area contributed by atoms with Crippen molar-refractivity contribution >= 4 is 11.9 Å². The molecule has 2 N–H and O–H groups in total. The molecule has 0 heterocycles. The number of hydroxylamine groups is 2. The van der Waals surface area contributed by atoms with Gasteiger partial charge < -0.3 is 5.11 Å². The maximum absolute atomic E-state index is 11.7. The van der Waals surface area contributed by atoms with Crippen molar-refractivity contribution in [2.24, 2.45) is 0 Å². The molecule has 0 radical (unpaired) electrons. The molecule has 1 rings (SSSR count). The zero-order valence-electron chi connectivity index (χ0n) is 9.04. The number of nitrogens with zero attached hydrogens (tertiary/aromatic N) is 1. The normalized spacial score (nSPS) is 13.9.